The number of aliphatic hydroxyl groups excluding tert-OH is 1. The van der Waals surface area contributed by atoms with Gasteiger partial charge in [-0.1, -0.05) is 26.5 Å². The largest absolute Gasteiger partial charge is 0.394 e. The molecule has 0 rings (SSSR count). The van der Waals surface area contributed by atoms with Crippen LogP contribution in [0.1, 0.15) is 13.8 Å². The Morgan fingerprint density at radius 2 is 2.07 bits per heavy atom. The van der Waals surface area contributed by atoms with E-state index in [-0.39, 0.29) is 24.5 Å². The van der Waals surface area contributed by atoms with E-state index in [1.807, 2.05) is 13.8 Å². The smallest absolute Gasteiger partial charge is 0.246 e. The molecule has 80 valence electrons. The van der Waals surface area contributed by atoms with Gasteiger partial charge in [0, 0.05) is 6.54 Å². The minimum absolute atomic E-state index is 0.0366. The summed E-state index contributed by atoms with van der Waals surface area (Å²) in [5.74, 6) is 0.0431. The SMILES string of the molecule is C=CCN(C(=O)C=C)C(CO)C(C)C. The van der Waals surface area contributed by atoms with Crippen molar-refractivity contribution in [3.8, 4) is 0 Å². The van der Waals surface area contributed by atoms with Gasteiger partial charge in [0.15, 0.2) is 0 Å². The Morgan fingerprint density at radius 1 is 1.50 bits per heavy atom. The van der Waals surface area contributed by atoms with E-state index in [1.165, 1.54) is 6.08 Å². The highest BCUT2D eigenvalue weighted by molar-refractivity contribution is 5.87. The van der Waals surface area contributed by atoms with Crippen LogP contribution in [-0.4, -0.2) is 35.1 Å². The lowest BCUT2D eigenvalue weighted by Gasteiger charge is -2.31. The Morgan fingerprint density at radius 3 is 2.36 bits per heavy atom. The molecule has 0 aliphatic heterocycles. The Kier molecular flexibility index (Phi) is 5.88. The van der Waals surface area contributed by atoms with Crippen LogP contribution in [0.5, 0.6) is 0 Å². The molecule has 0 bridgehead atoms. The normalized spacial score (nSPS) is 12.3. The second kappa shape index (κ2) is 6.38. The molecule has 1 amide bonds. The summed E-state index contributed by atoms with van der Waals surface area (Å²) in [5.41, 5.74) is 0. The molecule has 3 nitrogen and oxygen atoms in total. The first-order chi connectivity index (χ1) is 6.58. The second-order valence-electron chi connectivity index (χ2n) is 3.48. The van der Waals surface area contributed by atoms with Crippen LogP contribution in [0.4, 0.5) is 0 Å². The standard InChI is InChI=1S/C11H19NO2/c1-5-7-12(11(14)6-2)10(8-13)9(3)4/h5-6,9-10,13H,1-2,7-8H2,3-4H3. The van der Waals surface area contributed by atoms with Gasteiger partial charge in [-0.2, -0.15) is 0 Å². The molecule has 0 aliphatic carbocycles. The molecule has 14 heavy (non-hydrogen) atoms. The van der Waals surface area contributed by atoms with Crippen LogP contribution < -0.4 is 0 Å². The summed E-state index contributed by atoms with van der Waals surface area (Å²) in [6.07, 6.45) is 2.90. The molecule has 1 atom stereocenters. The van der Waals surface area contributed by atoms with Gasteiger partial charge in [0.05, 0.1) is 12.6 Å². The zero-order chi connectivity index (χ0) is 11.1. The van der Waals surface area contributed by atoms with E-state index in [0.717, 1.165) is 0 Å². The number of carbonyl (C=O) groups excluding carboxylic acids is 1. The highest BCUT2D eigenvalue weighted by atomic mass is 16.3. The summed E-state index contributed by atoms with van der Waals surface area (Å²) in [6, 6.07) is -0.168. The van der Waals surface area contributed by atoms with Crippen LogP contribution in [0.15, 0.2) is 25.3 Å². The number of aliphatic hydroxyl groups is 1. The van der Waals surface area contributed by atoms with Crippen molar-refractivity contribution >= 4 is 5.91 Å². The Bertz CT molecular complexity index is 211. The lowest BCUT2D eigenvalue weighted by Crippen LogP contribution is -2.44. The highest BCUT2D eigenvalue weighted by Gasteiger charge is 2.22. The molecule has 0 saturated carbocycles. The number of hydrogen-bond donors (Lipinski definition) is 1. The van der Waals surface area contributed by atoms with Gasteiger partial charge in [-0.15, -0.1) is 6.58 Å². The second-order valence-corrected chi connectivity index (χ2v) is 3.48. The van der Waals surface area contributed by atoms with E-state index < -0.39 is 0 Å². The molecule has 0 aromatic carbocycles. The van der Waals surface area contributed by atoms with Crippen molar-refractivity contribution in [1.82, 2.24) is 4.90 Å². The summed E-state index contributed by atoms with van der Waals surface area (Å²) in [7, 11) is 0. The molecular weight excluding hydrogens is 178 g/mol. The Labute approximate surface area is 85.7 Å². The molecular formula is C11H19NO2. The highest BCUT2D eigenvalue weighted by Crippen LogP contribution is 2.10. The molecule has 3 heteroatoms. The van der Waals surface area contributed by atoms with Gasteiger partial charge in [0.2, 0.25) is 5.91 Å². The zero-order valence-corrected chi connectivity index (χ0v) is 8.94. The van der Waals surface area contributed by atoms with E-state index in [0.29, 0.717) is 6.54 Å². The van der Waals surface area contributed by atoms with Crippen LogP contribution >= 0.6 is 0 Å². The van der Waals surface area contributed by atoms with E-state index in [9.17, 15) is 9.90 Å². The van der Waals surface area contributed by atoms with E-state index >= 15 is 0 Å². The van der Waals surface area contributed by atoms with Crippen LogP contribution in [0.3, 0.4) is 0 Å². The summed E-state index contributed by atoms with van der Waals surface area (Å²) < 4.78 is 0. The average Bonchev–Trinajstić information content (AvgIpc) is 2.16. The van der Waals surface area contributed by atoms with Crippen molar-refractivity contribution in [2.75, 3.05) is 13.2 Å². The minimum atomic E-state index is -0.169. The fourth-order valence-corrected chi connectivity index (χ4v) is 1.31. The first kappa shape index (κ1) is 12.9. The first-order valence-electron chi connectivity index (χ1n) is 4.73. The number of rotatable bonds is 6. The third-order valence-electron chi connectivity index (χ3n) is 2.14. The molecule has 1 N–H and O–H groups in total. The molecule has 0 aromatic heterocycles. The Hall–Kier alpha value is -1.09. The number of amides is 1. The first-order valence-corrected chi connectivity index (χ1v) is 4.73. The summed E-state index contributed by atoms with van der Waals surface area (Å²) in [5, 5.41) is 9.18. The van der Waals surface area contributed by atoms with Crippen LogP contribution in [0.25, 0.3) is 0 Å². The molecule has 0 fully saturated rings. The van der Waals surface area contributed by atoms with E-state index in [2.05, 4.69) is 13.2 Å². The van der Waals surface area contributed by atoms with Crippen LogP contribution in [0, 0.1) is 5.92 Å². The third-order valence-corrected chi connectivity index (χ3v) is 2.14. The van der Waals surface area contributed by atoms with Gasteiger partial charge in [0.25, 0.3) is 0 Å². The number of carbonyl (C=O) groups is 1. The van der Waals surface area contributed by atoms with Crippen LogP contribution in [0.2, 0.25) is 0 Å². The van der Waals surface area contributed by atoms with Crippen molar-refractivity contribution in [1.29, 1.82) is 0 Å². The van der Waals surface area contributed by atoms with Crippen molar-refractivity contribution in [3.63, 3.8) is 0 Å². The molecule has 0 spiro atoms. The van der Waals surface area contributed by atoms with Crippen molar-refractivity contribution in [2.45, 2.75) is 19.9 Å². The van der Waals surface area contributed by atoms with Crippen molar-refractivity contribution in [3.05, 3.63) is 25.3 Å². The molecule has 0 saturated heterocycles. The Balaban J connectivity index is 4.66. The quantitative estimate of drug-likeness (QED) is 0.513. The van der Waals surface area contributed by atoms with Crippen molar-refractivity contribution < 1.29 is 9.90 Å². The number of nitrogens with zero attached hydrogens (tertiary/aromatic N) is 1. The maximum Gasteiger partial charge on any atom is 0.246 e. The minimum Gasteiger partial charge on any atom is -0.394 e. The fraction of sp³-hybridized carbons (Fsp3) is 0.545. The average molecular weight is 197 g/mol. The maximum atomic E-state index is 11.5. The summed E-state index contributed by atoms with van der Waals surface area (Å²) in [4.78, 5) is 13.0. The van der Waals surface area contributed by atoms with Crippen molar-refractivity contribution in [2.24, 2.45) is 5.92 Å². The lowest BCUT2D eigenvalue weighted by atomic mass is 10.0. The third kappa shape index (κ3) is 3.34. The van der Waals surface area contributed by atoms with Gasteiger partial charge in [-0.3, -0.25) is 4.79 Å². The fourth-order valence-electron chi connectivity index (χ4n) is 1.31. The summed E-state index contributed by atoms with van der Waals surface area (Å²) in [6.45, 7) is 11.3. The van der Waals surface area contributed by atoms with Gasteiger partial charge in [-0.05, 0) is 12.0 Å². The van der Waals surface area contributed by atoms with Crippen LogP contribution in [-0.2, 0) is 4.79 Å². The molecule has 0 aliphatic rings. The molecule has 0 aromatic rings. The van der Waals surface area contributed by atoms with Gasteiger partial charge < -0.3 is 10.0 Å². The predicted octanol–water partition coefficient (Wildman–Crippen LogP) is 1.20. The van der Waals surface area contributed by atoms with Gasteiger partial charge in [0.1, 0.15) is 0 Å². The number of hydrogen-bond acceptors (Lipinski definition) is 2. The maximum absolute atomic E-state index is 11.5. The van der Waals surface area contributed by atoms with Gasteiger partial charge >= 0.3 is 0 Å². The van der Waals surface area contributed by atoms with E-state index in [4.69, 9.17) is 0 Å². The van der Waals surface area contributed by atoms with E-state index in [1.54, 1.807) is 11.0 Å². The summed E-state index contributed by atoms with van der Waals surface area (Å²) >= 11 is 0. The molecule has 1 unspecified atom stereocenters. The topological polar surface area (TPSA) is 40.5 Å². The molecule has 0 heterocycles. The monoisotopic (exact) mass is 197 g/mol. The lowest BCUT2D eigenvalue weighted by molar-refractivity contribution is -0.129. The predicted molar refractivity (Wildman–Crippen MR) is 57.8 cm³/mol. The van der Waals surface area contributed by atoms with Gasteiger partial charge in [-0.25, -0.2) is 0 Å². The molecule has 0 radical (unpaired) electrons. The zero-order valence-electron chi connectivity index (χ0n) is 8.94.